The Morgan fingerprint density at radius 2 is 2.00 bits per heavy atom. The van der Waals surface area contributed by atoms with Crippen molar-refractivity contribution in [2.24, 2.45) is 0 Å². The van der Waals surface area contributed by atoms with Crippen molar-refractivity contribution in [3.05, 3.63) is 14.2 Å². The fourth-order valence-corrected chi connectivity index (χ4v) is 2.52. The minimum absolute atomic E-state index is 0. The van der Waals surface area contributed by atoms with E-state index in [2.05, 4.69) is 31.0 Å². The summed E-state index contributed by atoms with van der Waals surface area (Å²) in [6.45, 7) is 2.13. The molecule has 0 N–H and O–H groups in total. The van der Waals surface area contributed by atoms with Crippen LogP contribution in [0.1, 0.15) is 4.88 Å². The molecule has 0 amide bonds. The van der Waals surface area contributed by atoms with E-state index in [1.54, 1.807) is 11.3 Å². The second-order valence-corrected chi connectivity index (χ2v) is 4.46. The Balaban J connectivity index is 0.000000810. The summed E-state index contributed by atoms with van der Waals surface area (Å²) in [5, 5.41) is 2.18. The van der Waals surface area contributed by atoms with Crippen LogP contribution in [0.25, 0.3) is 0 Å². The van der Waals surface area contributed by atoms with Crippen molar-refractivity contribution in [3.8, 4) is 0 Å². The summed E-state index contributed by atoms with van der Waals surface area (Å²) in [4.78, 5) is 1.39. The van der Waals surface area contributed by atoms with Crippen molar-refractivity contribution in [1.82, 2.24) is 4.58 Å². The Hall–Kier alpha value is 0.330. The second-order valence-electron chi connectivity index (χ2n) is 2.11. The Bertz CT molecular complexity index is 257. The summed E-state index contributed by atoms with van der Waals surface area (Å²) in [6, 6.07) is 0. The van der Waals surface area contributed by atoms with E-state index < -0.39 is 0 Å². The van der Waals surface area contributed by atoms with Crippen molar-refractivity contribution < 1.29 is 17.0 Å². The predicted molar refractivity (Wildman–Crippen MR) is 44.1 cm³/mol. The molecule has 0 aliphatic heterocycles. The average Bonchev–Trinajstić information content (AvgIpc) is 2.14. The largest absolute Gasteiger partial charge is 1.00 e. The molecule has 1 aromatic rings. The summed E-state index contributed by atoms with van der Waals surface area (Å²) in [6.07, 6.45) is 0. The van der Waals surface area contributed by atoms with Crippen LogP contribution in [0.4, 0.5) is 0 Å². The third-order valence-corrected chi connectivity index (χ3v) is 3.64. The molecule has 0 saturated carbocycles. The molecule has 58 valence electrons. The van der Waals surface area contributed by atoms with Gasteiger partial charge in [-0.2, -0.15) is 0 Å². The van der Waals surface area contributed by atoms with Crippen molar-refractivity contribution >= 4 is 22.7 Å². The second kappa shape index (κ2) is 4.26. The van der Waals surface area contributed by atoms with Crippen LogP contribution < -0.4 is 25.5 Å². The van der Waals surface area contributed by atoms with Crippen LogP contribution in [0.2, 0.25) is 0 Å². The monoisotopic (exact) mass is 239 g/mol. The molecule has 1 nitrogen and oxygen atoms in total. The number of hydrogen-bond donors (Lipinski definition) is 0. The van der Waals surface area contributed by atoms with Gasteiger partial charge in [-0.25, -0.2) is 4.58 Å². The summed E-state index contributed by atoms with van der Waals surface area (Å²) in [7, 11) is 4.14. The van der Waals surface area contributed by atoms with E-state index in [-0.39, 0.29) is 17.0 Å². The third-order valence-electron chi connectivity index (χ3n) is 0.939. The lowest BCUT2D eigenvalue weighted by Crippen LogP contribution is -3.00. The van der Waals surface area contributed by atoms with Crippen LogP contribution in [0.5, 0.6) is 0 Å². The van der Waals surface area contributed by atoms with Crippen LogP contribution in [-0.4, -0.2) is 14.1 Å². The van der Waals surface area contributed by atoms with Gasteiger partial charge in [0.25, 0.3) is 0 Å². The lowest BCUT2D eigenvalue weighted by atomic mass is 10.7. The molecule has 0 radical (unpaired) electrons. The number of rotatable bonds is 0. The fourth-order valence-electron chi connectivity index (χ4n) is 0.516. The quantitative estimate of drug-likeness (QED) is 0.469. The van der Waals surface area contributed by atoms with Gasteiger partial charge in [-0.15, -0.1) is 0 Å². The first-order valence-corrected chi connectivity index (χ1v) is 4.45. The van der Waals surface area contributed by atoms with E-state index in [0.29, 0.717) is 0 Å². The maximum absolute atomic E-state index is 2.18. The van der Waals surface area contributed by atoms with Gasteiger partial charge in [-0.05, 0) is 6.92 Å². The first-order valence-electron chi connectivity index (χ1n) is 2.75. The third kappa shape index (κ3) is 2.52. The Morgan fingerprint density at radius 3 is 2.20 bits per heavy atom. The van der Waals surface area contributed by atoms with E-state index in [9.17, 15) is 0 Å². The van der Waals surface area contributed by atoms with Crippen LogP contribution in [-0.2, 0) is 0 Å². The maximum Gasteiger partial charge on any atom is 0.313 e. The van der Waals surface area contributed by atoms with Gasteiger partial charge < -0.3 is 17.0 Å². The fraction of sp³-hybridized carbons (Fsp3) is 0.500. The molecule has 0 spiro atoms. The zero-order chi connectivity index (χ0) is 6.85. The summed E-state index contributed by atoms with van der Waals surface area (Å²) < 4.78 is 3.51. The number of nitrogens with zero attached hydrogens (tertiary/aromatic N) is 1. The smallest absolute Gasteiger partial charge is 0.313 e. The minimum atomic E-state index is 0. The zero-order valence-electron chi connectivity index (χ0n) is 6.22. The SMILES string of the molecule is Cc1csc(=[N+](C)C)s1.[Br-]. The summed E-state index contributed by atoms with van der Waals surface area (Å²) in [5.74, 6) is 0. The molecule has 0 bridgehead atoms. The first kappa shape index (κ1) is 10.3. The minimum Gasteiger partial charge on any atom is -1.00 e. The van der Waals surface area contributed by atoms with Crippen LogP contribution in [0.15, 0.2) is 5.38 Å². The number of aryl methyl sites for hydroxylation is 1. The van der Waals surface area contributed by atoms with Gasteiger partial charge in [0.1, 0.15) is 14.1 Å². The lowest BCUT2D eigenvalue weighted by molar-refractivity contribution is -0.00000191. The van der Waals surface area contributed by atoms with Gasteiger partial charge in [-0.1, -0.05) is 22.7 Å². The highest BCUT2D eigenvalue weighted by Gasteiger charge is 1.94. The molecule has 0 aromatic carbocycles. The van der Waals surface area contributed by atoms with Gasteiger partial charge >= 0.3 is 3.98 Å². The van der Waals surface area contributed by atoms with E-state index in [1.165, 1.54) is 8.86 Å². The standard InChI is InChI=1S/C6H10NS2.BrH/c1-5-4-8-6(9-5)7(2)3;/h4H,1-3H3;1H/q+1;/p-1. The van der Waals surface area contributed by atoms with Crippen LogP contribution >= 0.6 is 22.7 Å². The Morgan fingerprint density at radius 1 is 1.40 bits per heavy atom. The average molecular weight is 240 g/mol. The molecule has 0 aliphatic carbocycles. The molecule has 0 unspecified atom stereocenters. The molecular formula is C6H10BrNS2. The van der Waals surface area contributed by atoms with Crippen molar-refractivity contribution in [3.63, 3.8) is 0 Å². The van der Waals surface area contributed by atoms with Crippen LogP contribution in [0, 0.1) is 6.92 Å². The summed E-state index contributed by atoms with van der Waals surface area (Å²) in [5.41, 5.74) is 0. The van der Waals surface area contributed by atoms with Gasteiger partial charge in [0.15, 0.2) is 0 Å². The normalized spacial score (nSPS) is 8.70. The highest BCUT2D eigenvalue weighted by molar-refractivity contribution is 7.26. The topological polar surface area (TPSA) is 3.01 Å². The molecular weight excluding hydrogens is 230 g/mol. The van der Waals surface area contributed by atoms with Crippen molar-refractivity contribution in [2.45, 2.75) is 6.92 Å². The first-order chi connectivity index (χ1) is 4.20. The lowest BCUT2D eigenvalue weighted by Gasteiger charge is -1.75. The molecule has 1 rings (SSSR count). The highest BCUT2D eigenvalue weighted by Crippen LogP contribution is 2.02. The predicted octanol–water partition coefficient (Wildman–Crippen LogP) is -1.85. The zero-order valence-corrected chi connectivity index (χ0v) is 9.44. The van der Waals surface area contributed by atoms with E-state index in [1.807, 2.05) is 11.3 Å². The van der Waals surface area contributed by atoms with Crippen molar-refractivity contribution in [2.75, 3.05) is 14.1 Å². The summed E-state index contributed by atoms with van der Waals surface area (Å²) >= 11 is 3.64. The molecule has 1 aromatic heterocycles. The maximum atomic E-state index is 2.18. The molecule has 10 heavy (non-hydrogen) atoms. The number of hydrogen-bond acceptors (Lipinski definition) is 2. The van der Waals surface area contributed by atoms with Gasteiger partial charge in [0.2, 0.25) is 0 Å². The van der Waals surface area contributed by atoms with E-state index in [0.717, 1.165) is 0 Å². The van der Waals surface area contributed by atoms with E-state index >= 15 is 0 Å². The van der Waals surface area contributed by atoms with Crippen LogP contribution in [0.3, 0.4) is 0 Å². The molecule has 0 aliphatic rings. The molecule has 1 heterocycles. The molecule has 4 heteroatoms. The Kier molecular flexibility index (Phi) is 4.40. The molecule has 0 fully saturated rings. The highest BCUT2D eigenvalue weighted by atomic mass is 79.9. The molecule has 0 atom stereocenters. The van der Waals surface area contributed by atoms with Gasteiger partial charge in [-0.3, -0.25) is 0 Å². The Labute approximate surface area is 79.4 Å². The number of halogens is 1. The van der Waals surface area contributed by atoms with Gasteiger partial charge in [0, 0.05) is 10.3 Å². The van der Waals surface area contributed by atoms with E-state index in [4.69, 9.17) is 0 Å². The van der Waals surface area contributed by atoms with Crippen molar-refractivity contribution in [1.29, 1.82) is 0 Å². The molecule has 0 saturated heterocycles. The van der Waals surface area contributed by atoms with Gasteiger partial charge in [0.05, 0.1) is 0 Å².